The number of nitrogens with two attached hydrogens (primary N) is 1. The van der Waals surface area contributed by atoms with Gasteiger partial charge in [-0.2, -0.15) is 13.2 Å². The number of halogens is 4. The largest absolute Gasteiger partial charge is 0.401 e. The summed E-state index contributed by atoms with van der Waals surface area (Å²) in [6.45, 7) is 4.75. The van der Waals surface area contributed by atoms with Gasteiger partial charge < -0.3 is 10.6 Å². The summed E-state index contributed by atoms with van der Waals surface area (Å²) >= 11 is 0. The van der Waals surface area contributed by atoms with E-state index >= 15 is 0 Å². The number of alkyl halides is 3. The minimum Gasteiger partial charge on any atom is -0.370 e. The molecule has 2 heterocycles. The number of hydrogen-bond donors (Lipinski definition) is 1. The zero-order chi connectivity index (χ0) is 15.5. The van der Waals surface area contributed by atoms with E-state index in [0.29, 0.717) is 31.5 Å². The SMILES string of the molecule is CC1CCCN(C(N)=NCC2CCN(CC(F)(F)F)C2)C1.I. The molecular weight excluding hydrogens is 408 g/mol. The van der Waals surface area contributed by atoms with Crippen molar-refractivity contribution >= 4 is 29.9 Å². The molecule has 2 aliphatic rings. The highest BCUT2D eigenvalue weighted by Crippen LogP contribution is 2.23. The molecule has 2 saturated heterocycles. The van der Waals surface area contributed by atoms with Crippen LogP contribution in [0.25, 0.3) is 0 Å². The van der Waals surface area contributed by atoms with Gasteiger partial charge >= 0.3 is 6.18 Å². The number of piperidine rings is 1. The van der Waals surface area contributed by atoms with E-state index in [1.54, 1.807) is 0 Å². The topological polar surface area (TPSA) is 44.9 Å². The van der Waals surface area contributed by atoms with Gasteiger partial charge in [-0.3, -0.25) is 9.89 Å². The average Bonchev–Trinajstić information content (AvgIpc) is 2.81. The van der Waals surface area contributed by atoms with Crippen LogP contribution in [0.1, 0.15) is 26.2 Å². The van der Waals surface area contributed by atoms with Gasteiger partial charge in [0.2, 0.25) is 0 Å². The minimum absolute atomic E-state index is 0. The Labute approximate surface area is 147 Å². The first-order valence-electron chi connectivity index (χ1n) is 7.67. The highest BCUT2D eigenvalue weighted by Gasteiger charge is 2.34. The van der Waals surface area contributed by atoms with Crippen molar-refractivity contribution in [2.45, 2.75) is 32.4 Å². The van der Waals surface area contributed by atoms with E-state index in [4.69, 9.17) is 5.73 Å². The maximum atomic E-state index is 12.3. The van der Waals surface area contributed by atoms with Gasteiger partial charge in [-0.15, -0.1) is 24.0 Å². The van der Waals surface area contributed by atoms with Crippen LogP contribution in [0.3, 0.4) is 0 Å². The summed E-state index contributed by atoms with van der Waals surface area (Å²) in [7, 11) is 0. The molecule has 0 amide bonds. The molecule has 2 fully saturated rings. The molecular formula is C14H26F3IN4. The van der Waals surface area contributed by atoms with Crippen molar-refractivity contribution in [2.75, 3.05) is 39.3 Å². The van der Waals surface area contributed by atoms with Crippen molar-refractivity contribution < 1.29 is 13.2 Å². The van der Waals surface area contributed by atoms with Crippen molar-refractivity contribution in [3.05, 3.63) is 0 Å². The summed E-state index contributed by atoms with van der Waals surface area (Å²) in [5.74, 6) is 1.37. The first-order chi connectivity index (χ1) is 9.83. The fourth-order valence-corrected chi connectivity index (χ4v) is 3.18. The summed E-state index contributed by atoms with van der Waals surface area (Å²) in [6, 6.07) is 0. The third kappa shape index (κ3) is 6.47. The number of nitrogens with zero attached hydrogens (tertiary/aromatic N) is 3. The Bertz CT molecular complexity index is 376. The van der Waals surface area contributed by atoms with Crippen LogP contribution < -0.4 is 5.73 Å². The molecule has 2 aliphatic heterocycles. The smallest absolute Gasteiger partial charge is 0.370 e. The predicted octanol–water partition coefficient (Wildman–Crippen LogP) is 2.54. The number of hydrogen-bond acceptors (Lipinski definition) is 2. The van der Waals surface area contributed by atoms with Gasteiger partial charge in [0.25, 0.3) is 0 Å². The van der Waals surface area contributed by atoms with E-state index in [1.807, 2.05) is 0 Å². The van der Waals surface area contributed by atoms with Crippen LogP contribution in [0.5, 0.6) is 0 Å². The summed E-state index contributed by atoms with van der Waals surface area (Å²) in [5, 5.41) is 0. The molecule has 8 heteroatoms. The zero-order valence-corrected chi connectivity index (χ0v) is 15.3. The monoisotopic (exact) mass is 434 g/mol. The second kappa shape index (κ2) is 8.56. The molecule has 2 unspecified atom stereocenters. The first-order valence-corrected chi connectivity index (χ1v) is 7.67. The Hall–Kier alpha value is -0.250. The van der Waals surface area contributed by atoms with Gasteiger partial charge in [0.05, 0.1) is 6.54 Å². The normalized spacial score (nSPS) is 27.8. The second-order valence-electron chi connectivity index (χ2n) is 6.40. The van der Waals surface area contributed by atoms with Gasteiger partial charge in [0.15, 0.2) is 5.96 Å². The van der Waals surface area contributed by atoms with E-state index in [9.17, 15) is 13.2 Å². The third-order valence-electron chi connectivity index (χ3n) is 4.27. The molecule has 4 nitrogen and oxygen atoms in total. The Balaban J connectivity index is 0.00000242. The van der Waals surface area contributed by atoms with E-state index < -0.39 is 12.7 Å². The van der Waals surface area contributed by atoms with Gasteiger partial charge in [-0.25, -0.2) is 0 Å². The van der Waals surface area contributed by atoms with Crippen molar-refractivity contribution in [2.24, 2.45) is 22.6 Å². The van der Waals surface area contributed by atoms with Crippen LogP contribution in [0.4, 0.5) is 13.2 Å². The second-order valence-corrected chi connectivity index (χ2v) is 6.40. The molecule has 0 aromatic carbocycles. The maximum Gasteiger partial charge on any atom is 0.401 e. The fraction of sp³-hybridized carbons (Fsp3) is 0.929. The summed E-state index contributed by atoms with van der Waals surface area (Å²) in [6.07, 6.45) is -0.997. The molecule has 2 rings (SSSR count). The lowest BCUT2D eigenvalue weighted by Gasteiger charge is -2.31. The number of aliphatic imine (C=N–C) groups is 1. The highest BCUT2D eigenvalue weighted by molar-refractivity contribution is 14.0. The molecule has 2 atom stereocenters. The summed E-state index contributed by atoms with van der Waals surface area (Å²) in [4.78, 5) is 7.96. The lowest BCUT2D eigenvalue weighted by Crippen LogP contribution is -2.43. The summed E-state index contributed by atoms with van der Waals surface area (Å²) in [5.41, 5.74) is 6.01. The molecule has 0 radical (unpaired) electrons. The Morgan fingerprint density at radius 3 is 2.59 bits per heavy atom. The number of rotatable bonds is 3. The highest BCUT2D eigenvalue weighted by atomic mass is 127. The molecule has 130 valence electrons. The molecule has 2 N–H and O–H groups in total. The van der Waals surface area contributed by atoms with Gasteiger partial charge in [0.1, 0.15) is 0 Å². The van der Waals surface area contributed by atoms with E-state index in [0.717, 1.165) is 25.9 Å². The van der Waals surface area contributed by atoms with Crippen LogP contribution >= 0.6 is 24.0 Å². The van der Waals surface area contributed by atoms with Crippen molar-refractivity contribution in [1.82, 2.24) is 9.80 Å². The quantitative estimate of drug-likeness (QED) is 0.422. The van der Waals surface area contributed by atoms with Crippen LogP contribution in [-0.4, -0.2) is 61.2 Å². The first kappa shape index (κ1) is 19.8. The number of guanidine groups is 1. The van der Waals surface area contributed by atoms with Crippen molar-refractivity contribution in [3.8, 4) is 0 Å². The van der Waals surface area contributed by atoms with Gasteiger partial charge in [0, 0.05) is 26.2 Å². The average molecular weight is 434 g/mol. The van der Waals surface area contributed by atoms with E-state index in [-0.39, 0.29) is 29.9 Å². The standard InChI is InChI=1S/C14H25F3N4.HI/c1-11-3-2-5-21(8-11)13(18)19-7-12-4-6-20(9-12)10-14(15,16)17;/h11-12H,2-10H2,1H3,(H2,18,19);1H. The molecule has 0 aromatic heterocycles. The van der Waals surface area contributed by atoms with Gasteiger partial charge in [-0.05, 0) is 37.6 Å². The molecule has 0 aromatic rings. The Morgan fingerprint density at radius 2 is 1.95 bits per heavy atom. The minimum atomic E-state index is -4.11. The molecule has 0 aliphatic carbocycles. The zero-order valence-electron chi connectivity index (χ0n) is 13.0. The Kier molecular flexibility index (Phi) is 7.70. The fourth-order valence-electron chi connectivity index (χ4n) is 3.18. The van der Waals surface area contributed by atoms with E-state index in [2.05, 4.69) is 16.8 Å². The predicted molar refractivity (Wildman–Crippen MR) is 92.5 cm³/mol. The van der Waals surface area contributed by atoms with Crippen molar-refractivity contribution in [1.29, 1.82) is 0 Å². The Morgan fingerprint density at radius 1 is 1.23 bits per heavy atom. The lowest BCUT2D eigenvalue weighted by molar-refractivity contribution is -0.143. The molecule has 0 saturated carbocycles. The maximum absolute atomic E-state index is 12.3. The lowest BCUT2D eigenvalue weighted by atomic mass is 10.0. The van der Waals surface area contributed by atoms with Crippen molar-refractivity contribution in [3.63, 3.8) is 0 Å². The van der Waals surface area contributed by atoms with Crippen LogP contribution in [-0.2, 0) is 0 Å². The molecule has 22 heavy (non-hydrogen) atoms. The van der Waals surface area contributed by atoms with Crippen LogP contribution in [0, 0.1) is 11.8 Å². The van der Waals surface area contributed by atoms with Crippen LogP contribution in [0.2, 0.25) is 0 Å². The number of likely N-dealkylation sites (tertiary alicyclic amines) is 2. The van der Waals surface area contributed by atoms with Crippen LogP contribution in [0.15, 0.2) is 4.99 Å². The summed E-state index contributed by atoms with van der Waals surface area (Å²) < 4.78 is 37.0. The third-order valence-corrected chi connectivity index (χ3v) is 4.27. The molecule has 0 spiro atoms. The van der Waals surface area contributed by atoms with Gasteiger partial charge in [-0.1, -0.05) is 6.92 Å². The van der Waals surface area contributed by atoms with E-state index in [1.165, 1.54) is 11.3 Å². The molecule has 0 bridgehead atoms.